The Morgan fingerprint density at radius 2 is 2.08 bits per heavy atom. The molecule has 2 heterocycles. The molecule has 1 aliphatic heterocycles. The molecule has 1 atom stereocenters. The highest BCUT2D eigenvalue weighted by Crippen LogP contribution is 2.38. The molecule has 0 saturated heterocycles. The van der Waals surface area contributed by atoms with Crippen LogP contribution in [0.2, 0.25) is 0 Å². The summed E-state index contributed by atoms with van der Waals surface area (Å²) in [7, 11) is 0. The van der Waals surface area contributed by atoms with Crippen LogP contribution in [0, 0.1) is 0 Å². The molecule has 6 heteroatoms. The van der Waals surface area contributed by atoms with E-state index in [4.69, 9.17) is 0 Å². The SMILES string of the molecule is C[C@H](C(=O)NCCc1cscn1)N1C(=O)c2cccc3cccc1c23. The topological polar surface area (TPSA) is 62.3 Å². The maximum absolute atomic E-state index is 12.8. The molecule has 0 spiro atoms. The molecule has 1 N–H and O–H groups in total. The summed E-state index contributed by atoms with van der Waals surface area (Å²) < 4.78 is 0. The summed E-state index contributed by atoms with van der Waals surface area (Å²) in [6, 6.07) is 10.9. The van der Waals surface area contributed by atoms with E-state index in [0.29, 0.717) is 18.5 Å². The van der Waals surface area contributed by atoms with E-state index < -0.39 is 6.04 Å². The van der Waals surface area contributed by atoms with Crippen LogP contribution in [-0.2, 0) is 11.2 Å². The minimum absolute atomic E-state index is 0.117. The lowest BCUT2D eigenvalue weighted by Gasteiger charge is -2.24. The molecule has 2 amide bonds. The van der Waals surface area contributed by atoms with Crippen molar-refractivity contribution in [3.05, 3.63) is 58.5 Å². The minimum Gasteiger partial charge on any atom is -0.354 e. The minimum atomic E-state index is -0.569. The first-order chi connectivity index (χ1) is 12.2. The second-order valence-corrected chi connectivity index (χ2v) is 6.77. The number of benzene rings is 2. The van der Waals surface area contributed by atoms with E-state index in [1.807, 2.05) is 41.8 Å². The molecule has 1 aliphatic rings. The lowest BCUT2D eigenvalue weighted by molar-refractivity contribution is -0.121. The monoisotopic (exact) mass is 351 g/mol. The van der Waals surface area contributed by atoms with E-state index in [9.17, 15) is 9.59 Å². The number of anilines is 1. The van der Waals surface area contributed by atoms with Gasteiger partial charge >= 0.3 is 0 Å². The average molecular weight is 351 g/mol. The highest BCUT2D eigenvalue weighted by atomic mass is 32.1. The second kappa shape index (κ2) is 6.29. The van der Waals surface area contributed by atoms with Crippen LogP contribution in [0.1, 0.15) is 23.0 Å². The fourth-order valence-electron chi connectivity index (χ4n) is 3.26. The fourth-order valence-corrected chi connectivity index (χ4v) is 3.86. The van der Waals surface area contributed by atoms with Crippen molar-refractivity contribution in [1.29, 1.82) is 0 Å². The molecule has 5 nitrogen and oxygen atoms in total. The largest absolute Gasteiger partial charge is 0.354 e. The Labute approximate surface area is 149 Å². The lowest BCUT2D eigenvalue weighted by Crippen LogP contribution is -2.47. The molecular formula is C19H17N3O2S. The molecule has 0 radical (unpaired) electrons. The zero-order valence-corrected chi connectivity index (χ0v) is 14.5. The van der Waals surface area contributed by atoms with Crippen molar-refractivity contribution in [2.75, 3.05) is 11.4 Å². The number of thiazole rings is 1. The summed E-state index contributed by atoms with van der Waals surface area (Å²) in [6.45, 7) is 2.27. The van der Waals surface area contributed by atoms with Gasteiger partial charge in [0, 0.05) is 29.3 Å². The van der Waals surface area contributed by atoms with Crippen molar-refractivity contribution in [1.82, 2.24) is 10.3 Å². The molecule has 2 aromatic carbocycles. The van der Waals surface area contributed by atoms with Crippen LogP contribution in [0.15, 0.2) is 47.3 Å². The maximum atomic E-state index is 12.8. The maximum Gasteiger partial charge on any atom is 0.259 e. The Morgan fingerprint density at radius 1 is 1.28 bits per heavy atom. The number of aromatic nitrogens is 1. The van der Waals surface area contributed by atoms with E-state index in [2.05, 4.69) is 10.3 Å². The van der Waals surface area contributed by atoms with Crippen LogP contribution in [0.3, 0.4) is 0 Å². The quantitative estimate of drug-likeness (QED) is 0.769. The molecule has 25 heavy (non-hydrogen) atoms. The van der Waals surface area contributed by atoms with Crippen molar-refractivity contribution >= 4 is 39.6 Å². The number of carbonyl (C=O) groups excluding carboxylic acids is 2. The van der Waals surface area contributed by atoms with Gasteiger partial charge in [-0.25, -0.2) is 4.98 Å². The Balaban J connectivity index is 1.53. The van der Waals surface area contributed by atoms with Crippen LogP contribution >= 0.6 is 11.3 Å². The van der Waals surface area contributed by atoms with Gasteiger partial charge in [0.15, 0.2) is 0 Å². The van der Waals surface area contributed by atoms with Crippen molar-refractivity contribution in [3.63, 3.8) is 0 Å². The van der Waals surface area contributed by atoms with Gasteiger partial charge in [-0.2, -0.15) is 0 Å². The number of nitrogens with zero attached hydrogens (tertiary/aromatic N) is 2. The van der Waals surface area contributed by atoms with E-state index in [1.165, 1.54) is 11.3 Å². The van der Waals surface area contributed by atoms with Crippen LogP contribution in [-0.4, -0.2) is 29.4 Å². The van der Waals surface area contributed by atoms with Gasteiger partial charge in [0.2, 0.25) is 5.91 Å². The number of hydrogen-bond donors (Lipinski definition) is 1. The predicted molar refractivity (Wildman–Crippen MR) is 99.0 cm³/mol. The van der Waals surface area contributed by atoms with Crippen molar-refractivity contribution in [2.24, 2.45) is 0 Å². The molecule has 4 rings (SSSR count). The fraction of sp³-hybridized carbons (Fsp3) is 0.211. The molecule has 3 aromatic rings. The van der Waals surface area contributed by atoms with Gasteiger partial charge in [0.25, 0.3) is 5.91 Å². The molecule has 0 bridgehead atoms. The van der Waals surface area contributed by atoms with Gasteiger partial charge < -0.3 is 5.32 Å². The van der Waals surface area contributed by atoms with Gasteiger partial charge in [-0.3, -0.25) is 14.5 Å². The Kier molecular flexibility index (Phi) is 3.97. The Bertz CT molecular complexity index is 947. The summed E-state index contributed by atoms with van der Waals surface area (Å²) in [5.41, 5.74) is 4.21. The number of rotatable bonds is 5. The molecular weight excluding hydrogens is 334 g/mol. The van der Waals surface area contributed by atoms with Crippen LogP contribution in [0.25, 0.3) is 10.8 Å². The zero-order chi connectivity index (χ0) is 17.4. The second-order valence-electron chi connectivity index (χ2n) is 6.05. The first-order valence-electron chi connectivity index (χ1n) is 8.17. The Hall–Kier alpha value is -2.73. The van der Waals surface area contributed by atoms with E-state index in [1.54, 1.807) is 17.3 Å². The van der Waals surface area contributed by atoms with E-state index in [-0.39, 0.29) is 11.8 Å². The van der Waals surface area contributed by atoms with Gasteiger partial charge in [-0.1, -0.05) is 24.3 Å². The van der Waals surface area contributed by atoms with Crippen LogP contribution in [0.5, 0.6) is 0 Å². The summed E-state index contributed by atoms with van der Waals surface area (Å²) >= 11 is 1.54. The van der Waals surface area contributed by atoms with E-state index >= 15 is 0 Å². The number of hydrogen-bond acceptors (Lipinski definition) is 4. The van der Waals surface area contributed by atoms with Crippen molar-refractivity contribution < 1.29 is 9.59 Å². The normalized spacial score (nSPS) is 14.1. The summed E-state index contributed by atoms with van der Waals surface area (Å²) in [5.74, 6) is -0.276. The number of carbonyl (C=O) groups is 2. The van der Waals surface area contributed by atoms with Gasteiger partial charge in [-0.05, 0) is 24.4 Å². The van der Waals surface area contributed by atoms with Gasteiger partial charge in [0.1, 0.15) is 6.04 Å². The molecule has 126 valence electrons. The predicted octanol–water partition coefficient (Wildman–Crippen LogP) is 3.00. The van der Waals surface area contributed by atoms with Crippen LogP contribution < -0.4 is 10.2 Å². The molecule has 0 unspecified atom stereocenters. The van der Waals surface area contributed by atoms with Crippen LogP contribution in [0.4, 0.5) is 5.69 Å². The summed E-state index contributed by atoms with van der Waals surface area (Å²) in [5, 5.41) is 6.82. The Morgan fingerprint density at radius 3 is 2.84 bits per heavy atom. The van der Waals surface area contributed by atoms with Crippen molar-refractivity contribution in [2.45, 2.75) is 19.4 Å². The molecule has 0 aliphatic carbocycles. The third kappa shape index (κ3) is 2.68. The third-order valence-corrected chi connectivity index (χ3v) is 5.16. The smallest absolute Gasteiger partial charge is 0.259 e. The first-order valence-corrected chi connectivity index (χ1v) is 9.11. The standard InChI is InChI=1S/C19H17N3O2S/c1-12(18(23)20-9-8-14-10-25-11-21-14)22-16-7-3-5-13-4-2-6-15(17(13)16)19(22)24/h2-7,10-12H,8-9H2,1H3,(H,20,23)/t12-/m1/s1. The third-order valence-electron chi connectivity index (χ3n) is 4.52. The van der Waals surface area contributed by atoms with E-state index in [0.717, 1.165) is 22.2 Å². The lowest BCUT2D eigenvalue weighted by atomic mass is 10.1. The molecule has 0 saturated carbocycles. The first kappa shape index (κ1) is 15.8. The zero-order valence-electron chi connectivity index (χ0n) is 13.7. The highest BCUT2D eigenvalue weighted by Gasteiger charge is 2.35. The highest BCUT2D eigenvalue weighted by molar-refractivity contribution is 7.07. The molecule has 0 fully saturated rings. The summed E-state index contributed by atoms with van der Waals surface area (Å²) in [4.78, 5) is 31.2. The van der Waals surface area contributed by atoms with Gasteiger partial charge in [0.05, 0.1) is 16.9 Å². The summed E-state index contributed by atoms with van der Waals surface area (Å²) in [6.07, 6.45) is 0.686. The van der Waals surface area contributed by atoms with Gasteiger partial charge in [-0.15, -0.1) is 11.3 Å². The number of nitrogens with one attached hydrogen (secondary N) is 1. The molecule has 1 aromatic heterocycles. The number of amides is 2. The average Bonchev–Trinajstić information content (AvgIpc) is 3.23. The van der Waals surface area contributed by atoms with Crippen molar-refractivity contribution in [3.8, 4) is 0 Å².